The summed E-state index contributed by atoms with van der Waals surface area (Å²) in [6.07, 6.45) is 0.832. The molecule has 2 atom stereocenters. The number of amides is 1. The van der Waals surface area contributed by atoms with E-state index >= 15 is 0 Å². The normalized spacial score (nSPS) is 24.1. The van der Waals surface area contributed by atoms with E-state index in [9.17, 15) is 9.18 Å². The van der Waals surface area contributed by atoms with Crippen LogP contribution >= 0.6 is 11.6 Å². The van der Waals surface area contributed by atoms with Crippen molar-refractivity contribution in [2.24, 2.45) is 11.7 Å². The standard InChI is InChI=1S/C13H16ClFN2O/c1-8-5-6-17(7-11(8)16)13(18)12-9(14)3-2-4-10(12)15/h2-4,8,11H,5-7,16H2,1H3. The summed E-state index contributed by atoms with van der Waals surface area (Å²) in [6, 6.07) is 4.18. The highest BCUT2D eigenvalue weighted by atomic mass is 35.5. The molecule has 3 nitrogen and oxygen atoms in total. The zero-order chi connectivity index (χ0) is 13.3. The Balaban J connectivity index is 2.22. The number of nitrogens with zero attached hydrogens (tertiary/aromatic N) is 1. The Kier molecular flexibility index (Phi) is 3.88. The van der Waals surface area contributed by atoms with E-state index in [1.54, 1.807) is 4.90 Å². The van der Waals surface area contributed by atoms with Gasteiger partial charge < -0.3 is 10.6 Å². The molecule has 2 N–H and O–H groups in total. The minimum atomic E-state index is -0.584. The molecular formula is C13H16ClFN2O. The van der Waals surface area contributed by atoms with Gasteiger partial charge in [-0.2, -0.15) is 0 Å². The number of hydrogen-bond acceptors (Lipinski definition) is 2. The van der Waals surface area contributed by atoms with Crippen LogP contribution in [0.25, 0.3) is 0 Å². The van der Waals surface area contributed by atoms with Crippen molar-refractivity contribution in [1.29, 1.82) is 0 Å². The lowest BCUT2D eigenvalue weighted by atomic mass is 9.94. The predicted molar refractivity (Wildman–Crippen MR) is 69.1 cm³/mol. The topological polar surface area (TPSA) is 46.3 Å². The number of likely N-dealkylation sites (tertiary alicyclic amines) is 1. The maximum absolute atomic E-state index is 13.7. The van der Waals surface area contributed by atoms with Crippen molar-refractivity contribution in [1.82, 2.24) is 4.90 Å². The fourth-order valence-electron chi connectivity index (χ4n) is 2.14. The molecule has 18 heavy (non-hydrogen) atoms. The van der Waals surface area contributed by atoms with Gasteiger partial charge in [0.15, 0.2) is 0 Å². The molecule has 1 aliphatic rings. The van der Waals surface area contributed by atoms with Crippen LogP contribution in [0.5, 0.6) is 0 Å². The van der Waals surface area contributed by atoms with Crippen LogP contribution in [-0.4, -0.2) is 29.9 Å². The number of hydrogen-bond donors (Lipinski definition) is 1. The second kappa shape index (κ2) is 5.24. The third-order valence-electron chi connectivity index (χ3n) is 3.48. The summed E-state index contributed by atoms with van der Waals surface area (Å²) >= 11 is 5.89. The lowest BCUT2D eigenvalue weighted by Crippen LogP contribution is -2.49. The van der Waals surface area contributed by atoms with E-state index in [4.69, 9.17) is 17.3 Å². The first-order valence-corrected chi connectivity index (χ1v) is 6.37. The summed E-state index contributed by atoms with van der Waals surface area (Å²) in [5.41, 5.74) is 5.89. The van der Waals surface area contributed by atoms with Crippen molar-refractivity contribution < 1.29 is 9.18 Å². The van der Waals surface area contributed by atoms with Crippen molar-refractivity contribution in [2.45, 2.75) is 19.4 Å². The SMILES string of the molecule is CC1CCN(C(=O)c2c(F)cccc2Cl)CC1N. The number of piperidine rings is 1. The molecule has 0 saturated carbocycles. The Morgan fingerprint density at radius 3 is 2.89 bits per heavy atom. The van der Waals surface area contributed by atoms with Crippen LogP contribution in [0, 0.1) is 11.7 Å². The van der Waals surface area contributed by atoms with Crippen molar-refractivity contribution in [2.75, 3.05) is 13.1 Å². The largest absolute Gasteiger partial charge is 0.337 e. The Hall–Kier alpha value is -1.13. The van der Waals surface area contributed by atoms with E-state index in [-0.39, 0.29) is 22.5 Å². The minimum absolute atomic E-state index is 0.0547. The smallest absolute Gasteiger partial charge is 0.258 e. The maximum Gasteiger partial charge on any atom is 0.258 e. The van der Waals surface area contributed by atoms with E-state index in [2.05, 4.69) is 6.92 Å². The molecule has 1 fully saturated rings. The summed E-state index contributed by atoms with van der Waals surface area (Å²) in [5.74, 6) is -0.578. The summed E-state index contributed by atoms with van der Waals surface area (Å²) in [7, 11) is 0. The number of rotatable bonds is 1. The molecule has 98 valence electrons. The van der Waals surface area contributed by atoms with Crippen molar-refractivity contribution in [3.63, 3.8) is 0 Å². The van der Waals surface area contributed by atoms with Gasteiger partial charge in [0.1, 0.15) is 5.82 Å². The number of halogens is 2. The predicted octanol–water partition coefficient (Wildman–Crippen LogP) is 2.29. The van der Waals surface area contributed by atoms with Crippen molar-refractivity contribution in [3.05, 3.63) is 34.6 Å². The molecule has 1 saturated heterocycles. The molecule has 1 aromatic rings. The van der Waals surface area contributed by atoms with Crippen molar-refractivity contribution >= 4 is 17.5 Å². The molecule has 1 aromatic carbocycles. The second-order valence-electron chi connectivity index (χ2n) is 4.78. The first-order valence-electron chi connectivity index (χ1n) is 5.99. The molecule has 0 aromatic heterocycles. The van der Waals surface area contributed by atoms with Gasteiger partial charge >= 0.3 is 0 Å². The zero-order valence-electron chi connectivity index (χ0n) is 10.2. The van der Waals surface area contributed by atoms with Crippen LogP contribution in [0.1, 0.15) is 23.7 Å². The summed E-state index contributed by atoms with van der Waals surface area (Å²) in [5, 5.41) is 0.146. The lowest BCUT2D eigenvalue weighted by Gasteiger charge is -2.35. The number of benzene rings is 1. The van der Waals surface area contributed by atoms with Gasteiger partial charge in [0.25, 0.3) is 5.91 Å². The van der Waals surface area contributed by atoms with E-state index in [0.717, 1.165) is 6.42 Å². The van der Waals surface area contributed by atoms with Crippen LogP contribution in [0.3, 0.4) is 0 Å². The summed E-state index contributed by atoms with van der Waals surface area (Å²) < 4.78 is 13.7. The highest BCUT2D eigenvalue weighted by Crippen LogP contribution is 2.23. The molecule has 0 radical (unpaired) electrons. The number of carbonyl (C=O) groups is 1. The third-order valence-corrected chi connectivity index (χ3v) is 3.80. The van der Waals surface area contributed by atoms with Gasteiger partial charge in [-0.25, -0.2) is 4.39 Å². The fourth-order valence-corrected chi connectivity index (χ4v) is 2.39. The van der Waals surface area contributed by atoms with Crippen LogP contribution in [0.4, 0.5) is 4.39 Å². The maximum atomic E-state index is 13.7. The molecule has 1 heterocycles. The highest BCUT2D eigenvalue weighted by molar-refractivity contribution is 6.33. The van der Waals surface area contributed by atoms with E-state index in [0.29, 0.717) is 19.0 Å². The highest BCUT2D eigenvalue weighted by Gasteiger charge is 2.29. The van der Waals surface area contributed by atoms with E-state index in [1.165, 1.54) is 18.2 Å². The molecule has 5 heteroatoms. The van der Waals surface area contributed by atoms with E-state index in [1.807, 2.05) is 0 Å². The minimum Gasteiger partial charge on any atom is -0.337 e. The Bertz CT molecular complexity index is 446. The van der Waals surface area contributed by atoms with E-state index < -0.39 is 5.82 Å². The van der Waals surface area contributed by atoms with Crippen LogP contribution < -0.4 is 5.73 Å². The quantitative estimate of drug-likeness (QED) is 0.851. The Labute approximate surface area is 111 Å². The molecule has 0 aliphatic carbocycles. The molecule has 2 unspecified atom stereocenters. The number of nitrogens with two attached hydrogens (primary N) is 1. The third kappa shape index (κ3) is 2.49. The molecule has 2 rings (SSSR count). The zero-order valence-corrected chi connectivity index (χ0v) is 11.0. The van der Waals surface area contributed by atoms with Gasteiger partial charge in [0.2, 0.25) is 0 Å². The van der Waals surface area contributed by atoms with Crippen molar-refractivity contribution in [3.8, 4) is 0 Å². The molecule has 0 bridgehead atoms. The van der Waals surface area contributed by atoms with Gasteiger partial charge in [-0.3, -0.25) is 4.79 Å². The molecular weight excluding hydrogens is 255 g/mol. The molecule has 1 amide bonds. The summed E-state index contributed by atoms with van der Waals surface area (Å²) in [4.78, 5) is 13.8. The summed E-state index contributed by atoms with van der Waals surface area (Å²) in [6.45, 7) is 3.10. The first-order chi connectivity index (χ1) is 8.50. The monoisotopic (exact) mass is 270 g/mol. The van der Waals surface area contributed by atoms with Gasteiger partial charge in [-0.05, 0) is 24.5 Å². The molecule has 0 spiro atoms. The average molecular weight is 271 g/mol. The first kappa shape index (κ1) is 13.3. The lowest BCUT2D eigenvalue weighted by molar-refractivity contribution is 0.0668. The average Bonchev–Trinajstić information content (AvgIpc) is 2.32. The second-order valence-corrected chi connectivity index (χ2v) is 5.18. The fraction of sp³-hybridized carbons (Fsp3) is 0.462. The van der Waals surface area contributed by atoms with Crippen LogP contribution in [0.15, 0.2) is 18.2 Å². The number of carbonyl (C=O) groups excluding carboxylic acids is 1. The Morgan fingerprint density at radius 2 is 2.28 bits per heavy atom. The van der Waals surface area contributed by atoms with Gasteiger partial charge in [-0.15, -0.1) is 0 Å². The Morgan fingerprint density at radius 1 is 1.56 bits per heavy atom. The van der Waals surface area contributed by atoms with Gasteiger partial charge in [-0.1, -0.05) is 24.6 Å². The van der Waals surface area contributed by atoms with Gasteiger partial charge in [0.05, 0.1) is 10.6 Å². The van der Waals surface area contributed by atoms with Gasteiger partial charge in [0, 0.05) is 19.1 Å². The molecule has 1 aliphatic heterocycles. The van der Waals surface area contributed by atoms with Crippen LogP contribution in [0.2, 0.25) is 5.02 Å². The van der Waals surface area contributed by atoms with Crippen LogP contribution in [-0.2, 0) is 0 Å².